The first-order chi connectivity index (χ1) is 10.8. The summed E-state index contributed by atoms with van der Waals surface area (Å²) in [5.41, 5.74) is 7.05. The molecule has 3 heteroatoms. The topological polar surface area (TPSA) is 29.3 Å². The van der Waals surface area contributed by atoms with Crippen LogP contribution < -0.4 is 5.73 Å². The van der Waals surface area contributed by atoms with Crippen molar-refractivity contribution in [2.75, 3.05) is 0 Å². The van der Waals surface area contributed by atoms with Gasteiger partial charge in [0, 0.05) is 18.1 Å². The fraction of sp³-hybridized carbons (Fsp3) is 1.00. The maximum absolute atomic E-state index is 6.90. The van der Waals surface area contributed by atoms with Gasteiger partial charge in [-0.05, 0) is 75.5 Å². The summed E-state index contributed by atoms with van der Waals surface area (Å²) in [5, 5.41) is 0.571. The minimum Gasteiger partial charge on any atom is -0.332 e. The molecule has 0 radical (unpaired) electrons. The molecule has 23 heavy (non-hydrogen) atoms. The normalized spacial score (nSPS) is 45.3. The molecule has 1 aliphatic carbocycles. The van der Waals surface area contributed by atoms with Crippen LogP contribution in [0.25, 0.3) is 0 Å². The van der Waals surface area contributed by atoms with Crippen LogP contribution in [0.2, 0.25) is 5.31 Å². The highest BCUT2D eigenvalue weighted by atomic mass is 15.2. The summed E-state index contributed by atoms with van der Waals surface area (Å²) < 4.78 is 0. The Morgan fingerprint density at radius 2 is 1.78 bits per heavy atom. The first-order valence-corrected chi connectivity index (χ1v) is 10.3. The number of hydrogen-bond donors (Lipinski definition) is 1. The molecule has 2 bridgehead atoms. The minimum atomic E-state index is 0.147. The second-order valence-corrected chi connectivity index (χ2v) is 9.98. The van der Waals surface area contributed by atoms with Crippen LogP contribution in [0.15, 0.2) is 0 Å². The molecule has 4 fully saturated rings. The smallest absolute Gasteiger partial charge is 0.153 e. The van der Waals surface area contributed by atoms with Crippen molar-refractivity contribution in [1.82, 2.24) is 4.90 Å². The highest BCUT2D eigenvalue weighted by Gasteiger charge is 2.56. The van der Waals surface area contributed by atoms with E-state index in [1.54, 1.807) is 0 Å². The van der Waals surface area contributed by atoms with E-state index in [0.717, 1.165) is 23.9 Å². The van der Waals surface area contributed by atoms with Gasteiger partial charge < -0.3 is 5.73 Å². The Bertz CT molecular complexity index is 414. The number of piperidine rings is 1. The Balaban J connectivity index is 1.79. The molecule has 2 N–H and O–H groups in total. The van der Waals surface area contributed by atoms with E-state index in [4.69, 9.17) is 5.73 Å². The lowest BCUT2D eigenvalue weighted by molar-refractivity contribution is 0.00108. The molecule has 0 spiro atoms. The van der Waals surface area contributed by atoms with Gasteiger partial charge in [-0.15, -0.1) is 0 Å². The molecule has 0 amide bonds. The molecule has 3 saturated heterocycles. The number of nitrogens with two attached hydrogens (primary N) is 1. The highest BCUT2D eigenvalue weighted by molar-refractivity contribution is 6.49. The van der Waals surface area contributed by atoms with Gasteiger partial charge in [0.05, 0.1) is 0 Å². The van der Waals surface area contributed by atoms with E-state index in [1.165, 1.54) is 58.6 Å². The van der Waals surface area contributed by atoms with Gasteiger partial charge in [-0.3, -0.25) is 4.90 Å². The summed E-state index contributed by atoms with van der Waals surface area (Å²) in [6.45, 7) is 12.1. The second-order valence-electron chi connectivity index (χ2n) is 9.98. The van der Waals surface area contributed by atoms with Gasteiger partial charge in [0.25, 0.3) is 0 Å². The fourth-order valence-corrected chi connectivity index (χ4v) is 6.60. The number of rotatable bonds is 2. The molecule has 4 rings (SSSR count). The standard InChI is InChI=1S/C20H39BN2/c1-14(2)19-11-7-6-8-18-17(12-20(22,13-19)21-19)10-9-16(5)23(18)15(3)4/h14-18,21H,6-13,22H2,1-5H3. The highest BCUT2D eigenvalue weighted by Crippen LogP contribution is 2.58. The van der Waals surface area contributed by atoms with E-state index in [2.05, 4.69) is 39.5 Å². The van der Waals surface area contributed by atoms with E-state index in [9.17, 15) is 0 Å². The summed E-state index contributed by atoms with van der Waals surface area (Å²) in [4.78, 5) is 2.84. The van der Waals surface area contributed by atoms with E-state index in [-0.39, 0.29) is 5.44 Å². The molecule has 132 valence electrons. The molecule has 1 saturated carbocycles. The van der Waals surface area contributed by atoms with E-state index in [0.29, 0.717) is 11.4 Å². The van der Waals surface area contributed by atoms with E-state index < -0.39 is 0 Å². The first kappa shape index (κ1) is 17.8. The van der Waals surface area contributed by atoms with E-state index in [1.807, 2.05) is 0 Å². The average Bonchev–Trinajstić information content (AvgIpc) is 2.43. The molecule has 0 aromatic rings. The molecule has 0 aromatic heterocycles. The third-order valence-corrected chi connectivity index (χ3v) is 7.71. The minimum absolute atomic E-state index is 0.147. The lowest BCUT2D eigenvalue weighted by Crippen LogP contribution is -2.66. The van der Waals surface area contributed by atoms with Crippen LogP contribution in [0, 0.1) is 11.8 Å². The number of nitrogens with zero attached hydrogens (tertiary/aromatic N) is 1. The van der Waals surface area contributed by atoms with Crippen molar-refractivity contribution in [2.45, 2.75) is 115 Å². The summed E-state index contributed by atoms with van der Waals surface area (Å²) in [5.74, 6) is 1.63. The fourth-order valence-electron chi connectivity index (χ4n) is 6.60. The van der Waals surface area contributed by atoms with Crippen molar-refractivity contribution in [2.24, 2.45) is 17.6 Å². The molecule has 4 aliphatic rings. The summed E-state index contributed by atoms with van der Waals surface area (Å²) >= 11 is 0. The van der Waals surface area contributed by atoms with Gasteiger partial charge in [0.2, 0.25) is 0 Å². The summed E-state index contributed by atoms with van der Waals surface area (Å²) in [7, 11) is 1.29. The van der Waals surface area contributed by atoms with Crippen LogP contribution >= 0.6 is 0 Å². The zero-order chi connectivity index (χ0) is 16.8. The van der Waals surface area contributed by atoms with Crippen molar-refractivity contribution in [1.29, 1.82) is 0 Å². The maximum Gasteiger partial charge on any atom is 0.153 e. The van der Waals surface area contributed by atoms with Crippen molar-refractivity contribution >= 4 is 7.28 Å². The molecule has 2 nitrogen and oxygen atoms in total. The zero-order valence-corrected chi connectivity index (χ0v) is 16.3. The number of fused-ring (bicyclic) bond motifs is 3. The van der Waals surface area contributed by atoms with Crippen LogP contribution in [-0.4, -0.2) is 35.7 Å². The van der Waals surface area contributed by atoms with Crippen molar-refractivity contribution < 1.29 is 0 Å². The molecular formula is C20H39BN2. The Hall–Kier alpha value is -0.0151. The van der Waals surface area contributed by atoms with Crippen molar-refractivity contribution in [3.8, 4) is 0 Å². The third-order valence-electron chi connectivity index (χ3n) is 7.71. The van der Waals surface area contributed by atoms with Gasteiger partial charge in [0.1, 0.15) is 0 Å². The first-order valence-electron chi connectivity index (χ1n) is 10.3. The zero-order valence-electron chi connectivity index (χ0n) is 16.3. The largest absolute Gasteiger partial charge is 0.332 e. The lowest BCUT2D eigenvalue weighted by atomic mass is 9.23. The summed E-state index contributed by atoms with van der Waals surface area (Å²) in [6, 6.07) is 2.21. The Morgan fingerprint density at radius 1 is 1.09 bits per heavy atom. The molecule has 3 heterocycles. The van der Waals surface area contributed by atoms with Gasteiger partial charge in [-0.2, -0.15) is 0 Å². The Labute approximate surface area is 145 Å². The predicted molar refractivity (Wildman–Crippen MR) is 102 cm³/mol. The van der Waals surface area contributed by atoms with Crippen LogP contribution in [0.5, 0.6) is 0 Å². The molecule has 0 aromatic carbocycles. The van der Waals surface area contributed by atoms with Gasteiger partial charge in [0.15, 0.2) is 7.28 Å². The van der Waals surface area contributed by atoms with E-state index >= 15 is 0 Å². The van der Waals surface area contributed by atoms with Crippen molar-refractivity contribution in [3.05, 3.63) is 0 Å². The molecule has 5 atom stereocenters. The van der Waals surface area contributed by atoms with Crippen molar-refractivity contribution in [3.63, 3.8) is 0 Å². The van der Waals surface area contributed by atoms with Gasteiger partial charge in [-0.25, -0.2) is 0 Å². The van der Waals surface area contributed by atoms with Gasteiger partial charge in [-0.1, -0.05) is 33.1 Å². The maximum atomic E-state index is 6.90. The number of likely N-dealkylation sites (tertiary alicyclic amines) is 1. The Kier molecular flexibility index (Phi) is 4.93. The lowest BCUT2D eigenvalue weighted by Gasteiger charge is -2.60. The molecule has 5 unspecified atom stereocenters. The van der Waals surface area contributed by atoms with Crippen LogP contribution in [-0.2, 0) is 0 Å². The average molecular weight is 318 g/mol. The predicted octanol–water partition coefficient (Wildman–Crippen LogP) is 4.14. The van der Waals surface area contributed by atoms with Crippen LogP contribution in [0.3, 0.4) is 0 Å². The monoisotopic (exact) mass is 318 g/mol. The Morgan fingerprint density at radius 3 is 2.39 bits per heavy atom. The third kappa shape index (κ3) is 3.25. The summed E-state index contributed by atoms with van der Waals surface area (Å²) in [6.07, 6.45) is 11.0. The SMILES string of the molecule is CC(C)N1C(C)CCC2CC3(N)BC(C(C)C)(CCCCC21)C3. The van der Waals surface area contributed by atoms with Crippen LogP contribution in [0.4, 0.5) is 0 Å². The second kappa shape index (κ2) is 6.37. The van der Waals surface area contributed by atoms with Gasteiger partial charge >= 0.3 is 0 Å². The molecular weight excluding hydrogens is 279 g/mol. The molecule has 3 aliphatic heterocycles. The quantitative estimate of drug-likeness (QED) is 0.776. The van der Waals surface area contributed by atoms with Crippen LogP contribution in [0.1, 0.15) is 86.0 Å². The number of hydrogen-bond acceptors (Lipinski definition) is 2.